The molecule has 1 amide bonds. The molecular formula is C16H15NO5S. The summed E-state index contributed by atoms with van der Waals surface area (Å²) in [6, 6.07) is 7.11. The highest BCUT2D eigenvalue weighted by molar-refractivity contribution is 8.00. The first-order valence-electron chi connectivity index (χ1n) is 7.06. The lowest BCUT2D eigenvalue weighted by Gasteiger charge is -2.43. The molecule has 1 atom stereocenters. The van der Waals surface area contributed by atoms with E-state index in [4.69, 9.17) is 9.47 Å². The molecule has 2 aliphatic heterocycles. The Labute approximate surface area is 137 Å². The Balaban J connectivity index is 1.71. The van der Waals surface area contributed by atoms with Crippen LogP contribution in [0.1, 0.15) is 12.0 Å². The second-order valence-electron chi connectivity index (χ2n) is 5.15. The second-order valence-corrected chi connectivity index (χ2v) is 6.32. The summed E-state index contributed by atoms with van der Waals surface area (Å²) in [5, 5.41) is -0.0604. The topological polar surface area (TPSA) is 72.9 Å². The van der Waals surface area contributed by atoms with E-state index in [0.29, 0.717) is 29.8 Å². The van der Waals surface area contributed by atoms with E-state index in [1.165, 1.54) is 16.7 Å². The molecule has 0 N–H and O–H groups in total. The number of benzene rings is 1. The molecular weight excluding hydrogens is 318 g/mol. The molecule has 7 heteroatoms. The van der Waals surface area contributed by atoms with E-state index in [1.807, 2.05) is 0 Å². The van der Waals surface area contributed by atoms with Crippen LogP contribution in [0.5, 0.6) is 5.75 Å². The predicted molar refractivity (Wildman–Crippen MR) is 83.6 cm³/mol. The standard InChI is InChI=1S/C16H15NO5S/c1-21-12-4-2-10(3-5-12)8-22-16(20)15-11(7-18)9-23-14-6-13(19)17(14)15/h2-5,7,14H,6,8-9H2,1H3/t14-/m1/s1. The van der Waals surface area contributed by atoms with Crippen LogP contribution in [-0.4, -0.2) is 41.3 Å². The molecule has 1 aromatic carbocycles. The van der Waals surface area contributed by atoms with Crippen LogP contribution >= 0.6 is 11.8 Å². The highest BCUT2D eigenvalue weighted by Gasteiger charge is 2.45. The summed E-state index contributed by atoms with van der Waals surface area (Å²) >= 11 is 1.48. The van der Waals surface area contributed by atoms with Crippen molar-refractivity contribution in [1.82, 2.24) is 4.90 Å². The quantitative estimate of drug-likeness (QED) is 0.462. The minimum Gasteiger partial charge on any atom is -0.497 e. The third-order valence-electron chi connectivity index (χ3n) is 3.75. The average Bonchev–Trinajstić information content (AvgIpc) is 2.58. The number of hydrogen-bond acceptors (Lipinski definition) is 6. The Kier molecular flexibility index (Phi) is 4.38. The van der Waals surface area contributed by atoms with Crippen LogP contribution in [0.3, 0.4) is 0 Å². The Morgan fingerprint density at radius 1 is 1.39 bits per heavy atom. The molecule has 0 aliphatic carbocycles. The maximum atomic E-state index is 12.3. The maximum absolute atomic E-state index is 12.3. The highest BCUT2D eigenvalue weighted by Crippen LogP contribution is 2.39. The van der Waals surface area contributed by atoms with Crippen LogP contribution in [0.25, 0.3) is 0 Å². The van der Waals surface area contributed by atoms with Gasteiger partial charge in [0.15, 0.2) is 0 Å². The fourth-order valence-corrected chi connectivity index (χ4v) is 3.67. The van der Waals surface area contributed by atoms with Crippen molar-refractivity contribution in [3.8, 4) is 5.75 Å². The van der Waals surface area contributed by atoms with Crippen molar-refractivity contribution in [2.24, 2.45) is 0 Å². The number of hydrogen-bond donors (Lipinski definition) is 0. The van der Waals surface area contributed by atoms with Gasteiger partial charge in [-0.15, -0.1) is 11.8 Å². The lowest BCUT2D eigenvalue weighted by molar-refractivity contribution is -0.150. The van der Waals surface area contributed by atoms with E-state index in [9.17, 15) is 14.4 Å². The van der Waals surface area contributed by atoms with Gasteiger partial charge >= 0.3 is 5.97 Å². The van der Waals surface area contributed by atoms with Gasteiger partial charge in [-0.3, -0.25) is 14.5 Å². The highest BCUT2D eigenvalue weighted by atomic mass is 32.2. The summed E-state index contributed by atoms with van der Waals surface area (Å²) in [5.74, 6) is 0.342. The average molecular weight is 333 g/mol. The van der Waals surface area contributed by atoms with Gasteiger partial charge in [-0.25, -0.2) is 4.79 Å². The Morgan fingerprint density at radius 3 is 2.74 bits per heavy atom. The molecule has 3 rings (SSSR count). The lowest BCUT2D eigenvalue weighted by atomic mass is 10.1. The van der Waals surface area contributed by atoms with Crippen molar-refractivity contribution in [2.75, 3.05) is 12.9 Å². The molecule has 0 bridgehead atoms. The van der Waals surface area contributed by atoms with E-state index >= 15 is 0 Å². The summed E-state index contributed by atoms with van der Waals surface area (Å²) in [4.78, 5) is 36.6. The number of β-lactam (4-membered cyclic amide) rings is 1. The summed E-state index contributed by atoms with van der Waals surface area (Å²) in [5.41, 5.74) is 1.19. The maximum Gasteiger partial charge on any atom is 0.355 e. The van der Waals surface area contributed by atoms with Gasteiger partial charge in [-0.1, -0.05) is 12.1 Å². The lowest BCUT2D eigenvalue weighted by Crippen LogP contribution is -2.54. The zero-order valence-corrected chi connectivity index (χ0v) is 13.3. The van der Waals surface area contributed by atoms with Gasteiger partial charge in [0.1, 0.15) is 24.3 Å². The van der Waals surface area contributed by atoms with Crippen LogP contribution < -0.4 is 4.74 Å². The monoisotopic (exact) mass is 333 g/mol. The van der Waals surface area contributed by atoms with E-state index in [2.05, 4.69) is 0 Å². The molecule has 6 nitrogen and oxygen atoms in total. The van der Waals surface area contributed by atoms with Gasteiger partial charge in [0.25, 0.3) is 0 Å². The summed E-state index contributed by atoms with van der Waals surface area (Å²) in [6.07, 6.45) is 1.02. The number of rotatable bonds is 5. The predicted octanol–water partition coefficient (Wildman–Crippen LogP) is 1.50. The van der Waals surface area contributed by atoms with Gasteiger partial charge < -0.3 is 9.47 Å². The van der Waals surface area contributed by atoms with Gasteiger partial charge in [-0.2, -0.15) is 0 Å². The second kappa shape index (κ2) is 6.45. The Hall–Kier alpha value is -2.28. The molecule has 0 spiro atoms. The number of amides is 1. The number of carbonyl (C=O) groups is 3. The minimum absolute atomic E-state index is 0.0604. The van der Waals surface area contributed by atoms with E-state index < -0.39 is 5.97 Å². The van der Waals surface area contributed by atoms with E-state index in [1.54, 1.807) is 31.4 Å². The van der Waals surface area contributed by atoms with Gasteiger partial charge in [0, 0.05) is 11.3 Å². The molecule has 2 aliphatic rings. The summed E-state index contributed by atoms with van der Waals surface area (Å²) < 4.78 is 10.3. The number of aldehydes is 1. The fraction of sp³-hybridized carbons (Fsp3) is 0.312. The molecule has 2 heterocycles. The van der Waals surface area contributed by atoms with Crippen LogP contribution in [0, 0.1) is 0 Å². The molecule has 0 unspecified atom stereocenters. The molecule has 120 valence electrons. The molecule has 0 saturated carbocycles. The number of nitrogens with zero attached hydrogens (tertiary/aromatic N) is 1. The number of methoxy groups -OCH3 is 1. The zero-order valence-electron chi connectivity index (χ0n) is 12.5. The molecule has 0 aromatic heterocycles. The molecule has 1 aromatic rings. The van der Waals surface area contributed by atoms with E-state index in [0.717, 1.165) is 5.56 Å². The van der Waals surface area contributed by atoms with Crippen LogP contribution in [0.4, 0.5) is 0 Å². The third-order valence-corrected chi connectivity index (χ3v) is 4.99. The van der Waals surface area contributed by atoms with Crippen molar-refractivity contribution in [3.63, 3.8) is 0 Å². The van der Waals surface area contributed by atoms with Crippen LogP contribution in [0.2, 0.25) is 0 Å². The summed E-state index contributed by atoms with van der Waals surface area (Å²) in [7, 11) is 1.57. The number of thioether (sulfide) groups is 1. The van der Waals surface area contributed by atoms with Crippen molar-refractivity contribution >= 4 is 29.9 Å². The number of ether oxygens (including phenoxy) is 2. The van der Waals surface area contributed by atoms with Crippen molar-refractivity contribution in [2.45, 2.75) is 18.4 Å². The first-order valence-corrected chi connectivity index (χ1v) is 8.11. The largest absolute Gasteiger partial charge is 0.497 e. The molecule has 23 heavy (non-hydrogen) atoms. The smallest absolute Gasteiger partial charge is 0.355 e. The first kappa shape index (κ1) is 15.6. The van der Waals surface area contributed by atoms with Gasteiger partial charge in [-0.05, 0) is 17.7 Å². The fourth-order valence-electron chi connectivity index (χ4n) is 2.46. The van der Waals surface area contributed by atoms with Crippen molar-refractivity contribution in [3.05, 3.63) is 41.1 Å². The molecule has 0 radical (unpaired) electrons. The zero-order chi connectivity index (χ0) is 16.4. The number of esters is 1. The molecule has 1 fully saturated rings. The number of carbonyl (C=O) groups excluding carboxylic acids is 3. The minimum atomic E-state index is -0.638. The first-order chi connectivity index (χ1) is 11.1. The van der Waals surface area contributed by atoms with Gasteiger partial charge in [0.2, 0.25) is 5.91 Å². The molecule has 1 saturated heterocycles. The van der Waals surface area contributed by atoms with Gasteiger partial charge in [0.05, 0.1) is 18.9 Å². The summed E-state index contributed by atoms with van der Waals surface area (Å²) in [6.45, 7) is 0.0678. The Morgan fingerprint density at radius 2 is 2.13 bits per heavy atom. The Bertz CT molecular complexity index is 682. The van der Waals surface area contributed by atoms with Crippen molar-refractivity contribution < 1.29 is 23.9 Å². The van der Waals surface area contributed by atoms with Crippen LogP contribution in [0.15, 0.2) is 35.5 Å². The van der Waals surface area contributed by atoms with Crippen molar-refractivity contribution in [1.29, 1.82) is 0 Å². The van der Waals surface area contributed by atoms with E-state index in [-0.39, 0.29) is 23.6 Å². The van der Waals surface area contributed by atoms with Crippen LogP contribution in [-0.2, 0) is 25.7 Å². The normalized spacial score (nSPS) is 19.8. The number of fused-ring (bicyclic) bond motifs is 1. The third kappa shape index (κ3) is 2.96. The SMILES string of the molecule is COc1ccc(COC(=O)C2=C(C=O)CS[C@@H]3CC(=O)N23)cc1.